The molecule has 0 spiro atoms. The molecule has 190 valence electrons. The fourth-order valence-electron chi connectivity index (χ4n) is 4.35. The lowest BCUT2D eigenvalue weighted by Crippen LogP contribution is -2.39. The van der Waals surface area contributed by atoms with Gasteiger partial charge in [-0.15, -0.1) is 0 Å². The third-order valence-electron chi connectivity index (χ3n) is 6.19. The Morgan fingerprint density at radius 1 is 0.946 bits per heavy atom. The van der Waals surface area contributed by atoms with Crippen LogP contribution in [0.5, 0.6) is 5.75 Å². The summed E-state index contributed by atoms with van der Waals surface area (Å²) in [6.07, 6.45) is 0.739. The highest BCUT2D eigenvalue weighted by molar-refractivity contribution is 6.01. The fourth-order valence-corrected chi connectivity index (χ4v) is 4.35. The average Bonchev–Trinajstić information content (AvgIpc) is 3.24. The van der Waals surface area contributed by atoms with E-state index in [0.29, 0.717) is 17.9 Å². The maximum absolute atomic E-state index is 13.4. The van der Waals surface area contributed by atoms with Crippen LogP contribution in [0.25, 0.3) is 16.8 Å². The summed E-state index contributed by atoms with van der Waals surface area (Å²) in [6.45, 7) is 6.22. The van der Waals surface area contributed by atoms with E-state index in [-0.39, 0.29) is 18.4 Å². The molecular formula is C30H32N4O3. The van der Waals surface area contributed by atoms with Gasteiger partial charge in [-0.3, -0.25) is 9.59 Å². The number of amides is 2. The summed E-state index contributed by atoms with van der Waals surface area (Å²) in [5.74, 6) is 0.838. The van der Waals surface area contributed by atoms with E-state index >= 15 is 0 Å². The second kappa shape index (κ2) is 11.6. The van der Waals surface area contributed by atoms with Crippen molar-refractivity contribution in [2.24, 2.45) is 0 Å². The Hall–Kier alpha value is -4.39. The van der Waals surface area contributed by atoms with Crippen LogP contribution in [-0.4, -0.2) is 46.7 Å². The lowest BCUT2D eigenvalue weighted by molar-refractivity contribution is -0.116. The molecule has 0 atom stereocenters. The highest BCUT2D eigenvalue weighted by Crippen LogP contribution is 2.33. The van der Waals surface area contributed by atoms with Crippen molar-refractivity contribution in [2.75, 3.05) is 25.5 Å². The van der Waals surface area contributed by atoms with Gasteiger partial charge in [0.2, 0.25) is 5.91 Å². The van der Waals surface area contributed by atoms with Gasteiger partial charge < -0.3 is 15.0 Å². The predicted molar refractivity (Wildman–Crippen MR) is 146 cm³/mol. The highest BCUT2D eigenvalue weighted by Gasteiger charge is 2.23. The van der Waals surface area contributed by atoms with Crippen molar-refractivity contribution in [3.05, 3.63) is 95.7 Å². The number of hydrogen-bond donors (Lipinski definition) is 1. The van der Waals surface area contributed by atoms with Crippen molar-refractivity contribution >= 4 is 17.6 Å². The van der Waals surface area contributed by atoms with Crippen LogP contribution in [0.2, 0.25) is 0 Å². The van der Waals surface area contributed by atoms with Crippen LogP contribution in [-0.2, 0) is 4.79 Å². The van der Waals surface area contributed by atoms with Crippen LogP contribution in [0.4, 0.5) is 5.82 Å². The molecule has 4 rings (SSSR count). The van der Waals surface area contributed by atoms with Gasteiger partial charge in [-0.25, -0.2) is 4.68 Å². The summed E-state index contributed by atoms with van der Waals surface area (Å²) in [6, 6.07) is 24.8. The number of nitrogens with one attached hydrogen (secondary N) is 1. The lowest BCUT2D eigenvalue weighted by Gasteiger charge is -2.23. The molecule has 0 fully saturated rings. The standard InChI is InChI=1S/C30H32N4O3/c1-5-19-33(30(36)26-14-10-9-11-21(26)2)20-27(35)31-29-28(23-12-7-6-8-13-23)22(3)32-34(29)24-15-17-25(37-4)18-16-24/h6-18H,5,19-20H2,1-4H3,(H,31,35). The average molecular weight is 497 g/mol. The Bertz CT molecular complexity index is 1380. The summed E-state index contributed by atoms with van der Waals surface area (Å²) in [5.41, 5.74) is 4.82. The van der Waals surface area contributed by atoms with E-state index in [1.54, 1.807) is 22.8 Å². The van der Waals surface area contributed by atoms with Crippen LogP contribution in [0.1, 0.15) is 35.0 Å². The quantitative estimate of drug-likeness (QED) is 0.325. The van der Waals surface area contributed by atoms with Crippen LogP contribution < -0.4 is 10.1 Å². The molecule has 1 N–H and O–H groups in total. The molecule has 1 aromatic heterocycles. The van der Waals surface area contributed by atoms with E-state index < -0.39 is 0 Å². The molecule has 0 aliphatic heterocycles. The zero-order valence-corrected chi connectivity index (χ0v) is 21.7. The maximum Gasteiger partial charge on any atom is 0.254 e. The number of hydrogen-bond acceptors (Lipinski definition) is 4. The first-order chi connectivity index (χ1) is 17.9. The molecule has 3 aromatic carbocycles. The van der Waals surface area contributed by atoms with Gasteiger partial charge in [0.05, 0.1) is 18.5 Å². The minimum absolute atomic E-state index is 0.0674. The van der Waals surface area contributed by atoms with E-state index in [4.69, 9.17) is 9.84 Å². The predicted octanol–water partition coefficient (Wildman–Crippen LogP) is 5.66. The normalized spacial score (nSPS) is 10.7. The second-order valence-electron chi connectivity index (χ2n) is 8.87. The number of aromatic nitrogens is 2. The molecule has 1 heterocycles. The summed E-state index contributed by atoms with van der Waals surface area (Å²) in [5, 5.41) is 7.83. The molecule has 4 aromatic rings. The third-order valence-corrected chi connectivity index (χ3v) is 6.19. The van der Waals surface area contributed by atoms with Gasteiger partial charge in [-0.1, -0.05) is 55.5 Å². The van der Waals surface area contributed by atoms with Gasteiger partial charge >= 0.3 is 0 Å². The molecule has 0 aliphatic rings. The molecule has 0 unspecified atom stereocenters. The minimum Gasteiger partial charge on any atom is -0.497 e. The molecule has 0 saturated carbocycles. The SMILES string of the molecule is CCCN(CC(=O)Nc1c(-c2ccccc2)c(C)nn1-c1ccc(OC)cc1)C(=O)c1ccccc1C. The molecular weight excluding hydrogens is 464 g/mol. The lowest BCUT2D eigenvalue weighted by atomic mass is 10.1. The largest absolute Gasteiger partial charge is 0.497 e. The smallest absolute Gasteiger partial charge is 0.254 e. The first kappa shape index (κ1) is 25.7. The van der Waals surface area contributed by atoms with E-state index in [2.05, 4.69) is 5.32 Å². The number of ether oxygens (including phenoxy) is 1. The number of nitrogens with zero attached hydrogens (tertiary/aromatic N) is 3. The molecule has 37 heavy (non-hydrogen) atoms. The Morgan fingerprint density at radius 2 is 1.62 bits per heavy atom. The zero-order chi connectivity index (χ0) is 26.4. The van der Waals surface area contributed by atoms with Crippen molar-refractivity contribution in [2.45, 2.75) is 27.2 Å². The van der Waals surface area contributed by atoms with E-state index in [1.165, 1.54) is 0 Å². The Labute approximate surface area is 217 Å². The third kappa shape index (κ3) is 5.72. The number of methoxy groups -OCH3 is 1. The number of rotatable bonds is 9. The number of carbonyl (C=O) groups is 2. The summed E-state index contributed by atoms with van der Waals surface area (Å²) in [7, 11) is 1.62. The van der Waals surface area contributed by atoms with Gasteiger partial charge in [0.15, 0.2) is 0 Å². The van der Waals surface area contributed by atoms with Crippen molar-refractivity contribution in [1.82, 2.24) is 14.7 Å². The molecule has 2 amide bonds. The van der Waals surface area contributed by atoms with Crippen molar-refractivity contribution in [3.8, 4) is 22.6 Å². The summed E-state index contributed by atoms with van der Waals surface area (Å²) in [4.78, 5) is 28.3. The van der Waals surface area contributed by atoms with Gasteiger partial charge in [-0.2, -0.15) is 5.10 Å². The van der Waals surface area contributed by atoms with E-state index in [9.17, 15) is 9.59 Å². The van der Waals surface area contributed by atoms with E-state index in [0.717, 1.165) is 40.2 Å². The molecule has 7 nitrogen and oxygen atoms in total. The number of anilines is 1. The van der Waals surface area contributed by atoms with Crippen LogP contribution in [0, 0.1) is 13.8 Å². The van der Waals surface area contributed by atoms with E-state index in [1.807, 2.05) is 93.6 Å². The Kier molecular flexibility index (Phi) is 8.03. The molecule has 0 radical (unpaired) electrons. The molecule has 7 heteroatoms. The topological polar surface area (TPSA) is 76.5 Å². The summed E-state index contributed by atoms with van der Waals surface area (Å²) >= 11 is 0. The van der Waals surface area contributed by atoms with Crippen molar-refractivity contribution < 1.29 is 14.3 Å². The minimum atomic E-state index is -0.290. The Morgan fingerprint density at radius 3 is 2.27 bits per heavy atom. The molecule has 0 saturated heterocycles. The first-order valence-electron chi connectivity index (χ1n) is 12.4. The molecule has 0 aliphatic carbocycles. The van der Waals surface area contributed by atoms with Gasteiger partial charge in [0.1, 0.15) is 18.1 Å². The van der Waals surface area contributed by atoms with Gasteiger partial charge in [0, 0.05) is 17.7 Å². The maximum atomic E-state index is 13.4. The summed E-state index contributed by atoms with van der Waals surface area (Å²) < 4.78 is 7.02. The second-order valence-corrected chi connectivity index (χ2v) is 8.87. The number of aryl methyl sites for hydroxylation is 2. The van der Waals surface area contributed by atoms with Crippen LogP contribution in [0.3, 0.4) is 0 Å². The van der Waals surface area contributed by atoms with Crippen molar-refractivity contribution in [1.29, 1.82) is 0 Å². The van der Waals surface area contributed by atoms with Gasteiger partial charge in [-0.05, 0) is 61.7 Å². The highest BCUT2D eigenvalue weighted by atomic mass is 16.5. The van der Waals surface area contributed by atoms with Gasteiger partial charge in [0.25, 0.3) is 5.91 Å². The van der Waals surface area contributed by atoms with Crippen LogP contribution >= 0.6 is 0 Å². The first-order valence-corrected chi connectivity index (χ1v) is 12.4. The number of benzene rings is 3. The Balaban J connectivity index is 1.68. The number of carbonyl (C=O) groups excluding carboxylic acids is 2. The fraction of sp³-hybridized carbons (Fsp3) is 0.233. The zero-order valence-electron chi connectivity index (χ0n) is 21.7. The van der Waals surface area contributed by atoms with Crippen LogP contribution in [0.15, 0.2) is 78.9 Å². The monoisotopic (exact) mass is 496 g/mol. The van der Waals surface area contributed by atoms with Crippen molar-refractivity contribution in [3.63, 3.8) is 0 Å². The molecule has 0 bridgehead atoms.